The lowest BCUT2D eigenvalue weighted by Gasteiger charge is -2.14. The standard InChI is InChI=1S/C13H20N2O/c1-16-13-4-2-11(3-5-13)6-8-15-9-7-12(14)10-15/h2-5,12H,6-10,14H2,1H3/t12-/m1/s1. The molecule has 1 atom stereocenters. The summed E-state index contributed by atoms with van der Waals surface area (Å²) in [7, 11) is 1.70. The predicted octanol–water partition coefficient (Wildman–Crippen LogP) is 1.27. The van der Waals surface area contributed by atoms with E-state index in [1.165, 1.54) is 5.56 Å². The molecule has 0 saturated carbocycles. The second-order valence-corrected chi connectivity index (χ2v) is 4.45. The van der Waals surface area contributed by atoms with E-state index in [0.29, 0.717) is 6.04 Å². The molecule has 2 rings (SSSR count). The van der Waals surface area contributed by atoms with E-state index in [4.69, 9.17) is 10.5 Å². The molecule has 0 bridgehead atoms. The van der Waals surface area contributed by atoms with Gasteiger partial charge in [-0.1, -0.05) is 12.1 Å². The van der Waals surface area contributed by atoms with Crippen LogP contribution in [0.3, 0.4) is 0 Å². The molecule has 1 saturated heterocycles. The SMILES string of the molecule is COc1ccc(CCN2CC[C@@H](N)C2)cc1. The van der Waals surface area contributed by atoms with Gasteiger partial charge < -0.3 is 15.4 Å². The Morgan fingerprint density at radius 1 is 1.38 bits per heavy atom. The lowest BCUT2D eigenvalue weighted by Crippen LogP contribution is -2.28. The van der Waals surface area contributed by atoms with Gasteiger partial charge in [-0.05, 0) is 37.1 Å². The smallest absolute Gasteiger partial charge is 0.118 e. The van der Waals surface area contributed by atoms with Crippen molar-refractivity contribution in [2.45, 2.75) is 18.9 Å². The second-order valence-electron chi connectivity index (χ2n) is 4.45. The first-order chi connectivity index (χ1) is 7.78. The lowest BCUT2D eigenvalue weighted by molar-refractivity contribution is 0.339. The van der Waals surface area contributed by atoms with Gasteiger partial charge in [-0.3, -0.25) is 0 Å². The molecule has 3 heteroatoms. The number of nitrogens with zero attached hydrogens (tertiary/aromatic N) is 1. The van der Waals surface area contributed by atoms with Crippen LogP contribution < -0.4 is 10.5 Å². The Morgan fingerprint density at radius 3 is 2.69 bits per heavy atom. The van der Waals surface area contributed by atoms with Gasteiger partial charge in [0.05, 0.1) is 7.11 Å². The molecule has 0 unspecified atom stereocenters. The zero-order chi connectivity index (χ0) is 11.4. The molecule has 0 aromatic heterocycles. The van der Waals surface area contributed by atoms with Crippen LogP contribution in [0.2, 0.25) is 0 Å². The van der Waals surface area contributed by atoms with Crippen LogP contribution in [0.25, 0.3) is 0 Å². The maximum atomic E-state index is 5.87. The normalized spacial score (nSPS) is 21.2. The van der Waals surface area contributed by atoms with Crippen LogP contribution in [-0.2, 0) is 6.42 Å². The molecular formula is C13H20N2O. The fourth-order valence-electron chi connectivity index (χ4n) is 2.15. The number of rotatable bonds is 4. The van der Waals surface area contributed by atoms with Gasteiger partial charge in [-0.15, -0.1) is 0 Å². The number of likely N-dealkylation sites (tertiary alicyclic amines) is 1. The highest BCUT2D eigenvalue weighted by Crippen LogP contribution is 2.13. The van der Waals surface area contributed by atoms with Crippen LogP contribution >= 0.6 is 0 Å². The molecule has 16 heavy (non-hydrogen) atoms. The van der Waals surface area contributed by atoms with E-state index in [2.05, 4.69) is 17.0 Å². The van der Waals surface area contributed by atoms with Crippen molar-refractivity contribution in [2.75, 3.05) is 26.7 Å². The minimum atomic E-state index is 0.385. The topological polar surface area (TPSA) is 38.5 Å². The zero-order valence-corrected chi connectivity index (χ0v) is 9.86. The Hall–Kier alpha value is -1.06. The third-order valence-corrected chi connectivity index (χ3v) is 3.18. The summed E-state index contributed by atoms with van der Waals surface area (Å²) in [5.41, 5.74) is 7.24. The maximum absolute atomic E-state index is 5.87. The first-order valence-electron chi connectivity index (χ1n) is 5.89. The van der Waals surface area contributed by atoms with Crippen molar-refractivity contribution < 1.29 is 4.74 Å². The number of hydrogen-bond donors (Lipinski definition) is 1. The van der Waals surface area contributed by atoms with Gasteiger partial charge >= 0.3 is 0 Å². The van der Waals surface area contributed by atoms with Crippen LogP contribution in [0.1, 0.15) is 12.0 Å². The van der Waals surface area contributed by atoms with E-state index < -0.39 is 0 Å². The summed E-state index contributed by atoms with van der Waals surface area (Å²) in [6, 6.07) is 8.69. The van der Waals surface area contributed by atoms with E-state index in [1.807, 2.05) is 12.1 Å². The van der Waals surface area contributed by atoms with Gasteiger partial charge in [-0.2, -0.15) is 0 Å². The molecule has 0 radical (unpaired) electrons. The third-order valence-electron chi connectivity index (χ3n) is 3.18. The van der Waals surface area contributed by atoms with E-state index >= 15 is 0 Å². The van der Waals surface area contributed by atoms with E-state index in [-0.39, 0.29) is 0 Å². The van der Waals surface area contributed by atoms with Gasteiger partial charge in [0.25, 0.3) is 0 Å². The number of methoxy groups -OCH3 is 1. The largest absolute Gasteiger partial charge is 0.497 e. The first kappa shape index (κ1) is 11.4. The van der Waals surface area contributed by atoms with Crippen molar-refractivity contribution in [3.63, 3.8) is 0 Å². The van der Waals surface area contributed by atoms with Crippen LogP contribution in [0.5, 0.6) is 5.75 Å². The number of hydrogen-bond acceptors (Lipinski definition) is 3. The first-order valence-corrected chi connectivity index (χ1v) is 5.89. The maximum Gasteiger partial charge on any atom is 0.118 e. The molecular weight excluding hydrogens is 200 g/mol. The fraction of sp³-hybridized carbons (Fsp3) is 0.538. The summed E-state index contributed by atoms with van der Waals surface area (Å²) < 4.78 is 5.13. The van der Waals surface area contributed by atoms with Crippen LogP contribution in [-0.4, -0.2) is 37.7 Å². The minimum absolute atomic E-state index is 0.385. The van der Waals surface area contributed by atoms with Gasteiger partial charge in [0.2, 0.25) is 0 Å². The van der Waals surface area contributed by atoms with Crippen molar-refractivity contribution in [3.05, 3.63) is 29.8 Å². The summed E-state index contributed by atoms with van der Waals surface area (Å²) in [6.07, 6.45) is 2.24. The fourth-order valence-corrected chi connectivity index (χ4v) is 2.15. The van der Waals surface area contributed by atoms with Gasteiger partial charge in [-0.25, -0.2) is 0 Å². The molecule has 1 aliphatic rings. The third kappa shape index (κ3) is 2.97. The van der Waals surface area contributed by atoms with Crippen molar-refractivity contribution in [2.24, 2.45) is 5.73 Å². The van der Waals surface area contributed by atoms with E-state index in [0.717, 1.165) is 38.2 Å². The molecule has 0 amide bonds. The molecule has 3 nitrogen and oxygen atoms in total. The van der Waals surface area contributed by atoms with E-state index in [9.17, 15) is 0 Å². The number of ether oxygens (including phenoxy) is 1. The Labute approximate surface area is 97.2 Å². The van der Waals surface area contributed by atoms with Gasteiger partial charge in [0, 0.05) is 19.1 Å². The molecule has 1 fully saturated rings. The minimum Gasteiger partial charge on any atom is -0.497 e. The molecule has 1 heterocycles. The summed E-state index contributed by atoms with van der Waals surface area (Å²) in [4.78, 5) is 2.44. The molecule has 1 aromatic carbocycles. The molecule has 88 valence electrons. The highest BCUT2D eigenvalue weighted by molar-refractivity contribution is 5.27. The predicted molar refractivity (Wildman–Crippen MR) is 65.7 cm³/mol. The van der Waals surface area contributed by atoms with Gasteiger partial charge in [0.1, 0.15) is 5.75 Å². The summed E-state index contributed by atoms with van der Waals surface area (Å²) in [5.74, 6) is 0.923. The quantitative estimate of drug-likeness (QED) is 0.830. The number of nitrogens with two attached hydrogens (primary N) is 1. The van der Waals surface area contributed by atoms with Crippen molar-refractivity contribution in [1.29, 1.82) is 0 Å². The Kier molecular flexibility index (Phi) is 3.80. The molecule has 1 aromatic rings. The lowest BCUT2D eigenvalue weighted by atomic mass is 10.1. The van der Waals surface area contributed by atoms with Crippen molar-refractivity contribution in [1.82, 2.24) is 4.90 Å². The Balaban J connectivity index is 1.80. The monoisotopic (exact) mass is 220 g/mol. The summed E-state index contributed by atoms with van der Waals surface area (Å²) >= 11 is 0. The molecule has 2 N–H and O–H groups in total. The van der Waals surface area contributed by atoms with Crippen LogP contribution in [0.4, 0.5) is 0 Å². The average molecular weight is 220 g/mol. The second kappa shape index (κ2) is 5.32. The van der Waals surface area contributed by atoms with Crippen LogP contribution in [0.15, 0.2) is 24.3 Å². The average Bonchev–Trinajstić information content (AvgIpc) is 2.73. The van der Waals surface area contributed by atoms with Crippen molar-refractivity contribution >= 4 is 0 Å². The molecule has 0 spiro atoms. The Morgan fingerprint density at radius 2 is 2.12 bits per heavy atom. The summed E-state index contributed by atoms with van der Waals surface area (Å²) in [6.45, 7) is 3.31. The zero-order valence-electron chi connectivity index (χ0n) is 9.86. The highest BCUT2D eigenvalue weighted by Gasteiger charge is 2.17. The van der Waals surface area contributed by atoms with Crippen molar-refractivity contribution in [3.8, 4) is 5.75 Å². The Bertz CT molecular complexity index is 323. The van der Waals surface area contributed by atoms with Gasteiger partial charge in [0.15, 0.2) is 0 Å². The van der Waals surface area contributed by atoms with E-state index in [1.54, 1.807) is 7.11 Å². The highest BCUT2D eigenvalue weighted by atomic mass is 16.5. The molecule has 1 aliphatic heterocycles. The summed E-state index contributed by atoms with van der Waals surface area (Å²) in [5, 5.41) is 0. The molecule has 0 aliphatic carbocycles. The van der Waals surface area contributed by atoms with Crippen LogP contribution in [0, 0.1) is 0 Å². The number of benzene rings is 1.